The van der Waals surface area contributed by atoms with E-state index < -0.39 is 17.8 Å². The van der Waals surface area contributed by atoms with Gasteiger partial charge in [-0.2, -0.15) is 0 Å². The summed E-state index contributed by atoms with van der Waals surface area (Å²) < 4.78 is 19.3. The molecule has 6 nitrogen and oxygen atoms in total. The molecule has 0 bridgehead atoms. The van der Waals surface area contributed by atoms with Gasteiger partial charge in [-0.05, 0) is 42.0 Å². The maximum Gasteiger partial charge on any atom is 0.335 e. The quantitative estimate of drug-likeness (QED) is 0.450. The van der Waals surface area contributed by atoms with Crippen LogP contribution in [-0.4, -0.2) is 17.8 Å². The number of carbonyl (C=O) groups is 3. The molecule has 0 saturated carbocycles. The highest BCUT2D eigenvalue weighted by Crippen LogP contribution is 2.28. The van der Waals surface area contributed by atoms with Gasteiger partial charge in [-0.25, -0.2) is 14.1 Å². The van der Waals surface area contributed by atoms with E-state index >= 15 is 0 Å². The van der Waals surface area contributed by atoms with Gasteiger partial charge in [0.2, 0.25) is 0 Å². The van der Waals surface area contributed by atoms with Crippen molar-refractivity contribution in [2.24, 2.45) is 0 Å². The van der Waals surface area contributed by atoms with Gasteiger partial charge in [-0.15, -0.1) is 0 Å². The third kappa shape index (κ3) is 4.38. The maximum atomic E-state index is 13.8. The summed E-state index contributed by atoms with van der Waals surface area (Å²) in [6.07, 6.45) is 1.34. The molecule has 1 aliphatic rings. The van der Waals surface area contributed by atoms with Crippen LogP contribution in [0.3, 0.4) is 0 Å². The molecular formula is C24H16ClFN2O4. The second-order valence-corrected chi connectivity index (χ2v) is 7.27. The summed E-state index contributed by atoms with van der Waals surface area (Å²) in [5.74, 6) is -1.62. The fraction of sp³-hybridized carbons (Fsp3) is 0.0417. The van der Waals surface area contributed by atoms with Crippen LogP contribution in [0.4, 0.5) is 14.9 Å². The van der Waals surface area contributed by atoms with E-state index in [2.05, 4.69) is 5.32 Å². The lowest BCUT2D eigenvalue weighted by Gasteiger charge is -2.26. The van der Waals surface area contributed by atoms with Gasteiger partial charge < -0.3 is 4.74 Å². The number of halogens is 2. The molecule has 3 aromatic carbocycles. The van der Waals surface area contributed by atoms with E-state index in [1.54, 1.807) is 60.7 Å². The monoisotopic (exact) mass is 450 g/mol. The van der Waals surface area contributed by atoms with Crippen LogP contribution in [0.1, 0.15) is 11.1 Å². The SMILES string of the molecule is O=C1NC(=O)N(c2ccccc2)C(=O)/C1=C/c1ccc(OCc2ccccc2F)c(Cl)c1. The summed E-state index contributed by atoms with van der Waals surface area (Å²) in [5, 5.41) is 2.38. The predicted molar refractivity (Wildman–Crippen MR) is 118 cm³/mol. The Labute approximate surface area is 187 Å². The molecule has 4 amide bonds. The smallest absolute Gasteiger partial charge is 0.335 e. The fourth-order valence-electron chi connectivity index (χ4n) is 3.13. The van der Waals surface area contributed by atoms with E-state index in [1.807, 2.05) is 0 Å². The molecule has 1 heterocycles. The largest absolute Gasteiger partial charge is 0.487 e. The molecule has 1 N–H and O–H groups in total. The number of ether oxygens (including phenoxy) is 1. The molecule has 0 aliphatic carbocycles. The van der Waals surface area contributed by atoms with Gasteiger partial charge in [0.1, 0.15) is 23.7 Å². The van der Waals surface area contributed by atoms with Crippen molar-refractivity contribution in [2.45, 2.75) is 6.61 Å². The molecule has 1 aliphatic heterocycles. The molecule has 0 spiro atoms. The lowest BCUT2D eigenvalue weighted by molar-refractivity contribution is -0.122. The van der Waals surface area contributed by atoms with Crippen LogP contribution in [0.15, 0.2) is 78.4 Å². The van der Waals surface area contributed by atoms with E-state index in [9.17, 15) is 18.8 Å². The van der Waals surface area contributed by atoms with Gasteiger partial charge in [0.25, 0.3) is 11.8 Å². The summed E-state index contributed by atoms with van der Waals surface area (Å²) >= 11 is 6.28. The number of benzene rings is 3. The Morgan fingerprint density at radius 1 is 0.969 bits per heavy atom. The van der Waals surface area contributed by atoms with Crippen molar-refractivity contribution < 1.29 is 23.5 Å². The predicted octanol–water partition coefficient (Wildman–Crippen LogP) is 4.72. The highest BCUT2D eigenvalue weighted by Gasteiger charge is 2.36. The Hall–Kier alpha value is -3.97. The first-order valence-corrected chi connectivity index (χ1v) is 9.94. The Morgan fingerprint density at radius 2 is 1.69 bits per heavy atom. The second kappa shape index (κ2) is 9.03. The number of anilines is 1. The summed E-state index contributed by atoms with van der Waals surface area (Å²) in [4.78, 5) is 38.3. The summed E-state index contributed by atoms with van der Waals surface area (Å²) in [7, 11) is 0. The molecular weight excluding hydrogens is 435 g/mol. The minimum absolute atomic E-state index is 0.0120. The zero-order valence-corrected chi connectivity index (χ0v) is 17.3. The number of hydrogen-bond donors (Lipinski definition) is 1. The minimum Gasteiger partial charge on any atom is -0.487 e. The molecule has 8 heteroatoms. The number of para-hydroxylation sites is 1. The van der Waals surface area contributed by atoms with Crippen molar-refractivity contribution in [1.82, 2.24) is 5.32 Å². The molecule has 3 aromatic rings. The van der Waals surface area contributed by atoms with Gasteiger partial charge in [-0.3, -0.25) is 14.9 Å². The summed E-state index contributed by atoms with van der Waals surface area (Å²) in [6.45, 7) is -0.0120. The molecule has 0 radical (unpaired) electrons. The van der Waals surface area contributed by atoms with Crippen molar-refractivity contribution >= 4 is 41.2 Å². The molecule has 160 valence electrons. The maximum absolute atomic E-state index is 13.8. The molecule has 1 fully saturated rings. The molecule has 0 atom stereocenters. The Morgan fingerprint density at radius 3 is 2.41 bits per heavy atom. The average Bonchev–Trinajstić information content (AvgIpc) is 2.78. The van der Waals surface area contributed by atoms with Gasteiger partial charge >= 0.3 is 6.03 Å². The third-order valence-corrected chi connectivity index (χ3v) is 5.02. The van der Waals surface area contributed by atoms with E-state index in [0.29, 0.717) is 22.6 Å². The van der Waals surface area contributed by atoms with Crippen LogP contribution in [0.25, 0.3) is 6.08 Å². The zero-order chi connectivity index (χ0) is 22.7. The van der Waals surface area contributed by atoms with Crippen LogP contribution in [-0.2, 0) is 16.2 Å². The Bertz CT molecular complexity index is 1240. The molecule has 4 rings (SSSR count). The fourth-order valence-corrected chi connectivity index (χ4v) is 3.37. The van der Waals surface area contributed by atoms with Crippen molar-refractivity contribution in [1.29, 1.82) is 0 Å². The van der Waals surface area contributed by atoms with Crippen LogP contribution in [0.5, 0.6) is 5.75 Å². The van der Waals surface area contributed by atoms with E-state index in [0.717, 1.165) is 4.90 Å². The lowest BCUT2D eigenvalue weighted by atomic mass is 10.1. The first-order valence-electron chi connectivity index (χ1n) is 9.56. The Balaban J connectivity index is 1.56. The van der Waals surface area contributed by atoms with Gasteiger partial charge in [0.15, 0.2) is 0 Å². The topological polar surface area (TPSA) is 75.7 Å². The first-order chi connectivity index (χ1) is 15.4. The van der Waals surface area contributed by atoms with Crippen LogP contribution >= 0.6 is 11.6 Å². The number of urea groups is 1. The normalized spacial score (nSPS) is 15.1. The molecule has 1 saturated heterocycles. The number of nitrogens with one attached hydrogen (secondary N) is 1. The number of nitrogens with zero attached hydrogens (tertiary/aromatic N) is 1. The third-order valence-electron chi connectivity index (χ3n) is 4.72. The summed E-state index contributed by atoms with van der Waals surface area (Å²) in [6, 6.07) is 18.3. The van der Waals surface area contributed by atoms with E-state index in [1.165, 1.54) is 18.2 Å². The number of barbiturate groups is 1. The Kier molecular flexibility index (Phi) is 6.00. The van der Waals surface area contributed by atoms with Crippen molar-refractivity contribution in [3.05, 3.63) is 100 Å². The van der Waals surface area contributed by atoms with Crippen LogP contribution in [0.2, 0.25) is 5.02 Å². The van der Waals surface area contributed by atoms with Gasteiger partial charge in [0.05, 0.1) is 10.7 Å². The van der Waals surface area contributed by atoms with Gasteiger partial charge in [0, 0.05) is 5.56 Å². The number of imide groups is 2. The number of carbonyl (C=O) groups excluding carboxylic acids is 3. The van der Waals surface area contributed by atoms with Crippen molar-refractivity contribution in [3.63, 3.8) is 0 Å². The molecule has 0 unspecified atom stereocenters. The molecule has 32 heavy (non-hydrogen) atoms. The second-order valence-electron chi connectivity index (χ2n) is 6.86. The summed E-state index contributed by atoms with van der Waals surface area (Å²) in [5.41, 5.74) is 0.951. The first kappa shape index (κ1) is 21.3. The number of rotatable bonds is 5. The zero-order valence-electron chi connectivity index (χ0n) is 16.5. The molecule has 0 aromatic heterocycles. The highest BCUT2D eigenvalue weighted by atomic mass is 35.5. The average molecular weight is 451 g/mol. The van der Waals surface area contributed by atoms with Crippen molar-refractivity contribution in [2.75, 3.05) is 4.90 Å². The van der Waals surface area contributed by atoms with Crippen LogP contribution < -0.4 is 15.0 Å². The van der Waals surface area contributed by atoms with E-state index in [4.69, 9.17) is 16.3 Å². The highest BCUT2D eigenvalue weighted by molar-refractivity contribution is 6.39. The van der Waals surface area contributed by atoms with E-state index in [-0.39, 0.29) is 23.0 Å². The number of hydrogen-bond acceptors (Lipinski definition) is 4. The van der Waals surface area contributed by atoms with Crippen molar-refractivity contribution in [3.8, 4) is 5.75 Å². The lowest BCUT2D eigenvalue weighted by Crippen LogP contribution is -2.54. The number of amides is 4. The minimum atomic E-state index is -0.821. The van der Waals surface area contributed by atoms with Gasteiger partial charge in [-0.1, -0.05) is 54.1 Å². The van der Waals surface area contributed by atoms with Crippen LogP contribution in [0, 0.1) is 5.82 Å². The standard InChI is InChI=1S/C24H16ClFN2O4/c25-19-13-15(10-11-21(19)32-14-16-6-4-5-9-20(16)26)12-18-22(29)27-24(31)28(23(18)30)17-7-2-1-3-8-17/h1-13H,14H2,(H,27,29,31)/b18-12+.